The molecule has 0 spiro atoms. The molecule has 4 nitrogen and oxygen atoms in total. The number of ether oxygens (including phenoxy) is 2. The van der Waals surface area contributed by atoms with Crippen molar-refractivity contribution in [3.63, 3.8) is 0 Å². The predicted molar refractivity (Wildman–Crippen MR) is 107 cm³/mol. The molecule has 0 aliphatic carbocycles. The van der Waals surface area contributed by atoms with Gasteiger partial charge in [0.15, 0.2) is 0 Å². The van der Waals surface area contributed by atoms with E-state index in [1.807, 2.05) is 29.5 Å². The Morgan fingerprint density at radius 2 is 2.12 bits per heavy atom. The number of methoxy groups -OCH3 is 2. The lowest BCUT2D eigenvalue weighted by Gasteiger charge is -2.22. The largest absolute Gasteiger partial charge is 0.497 e. The molecule has 1 aliphatic heterocycles. The van der Waals surface area contributed by atoms with Crippen LogP contribution >= 0.6 is 22.7 Å². The fourth-order valence-corrected chi connectivity index (χ4v) is 5.24. The molecule has 1 fully saturated rings. The average molecular weight is 387 g/mol. The number of benzene rings is 1. The molecular formula is C20H22N2O2S2. The number of aromatic nitrogens is 1. The number of rotatable bonds is 6. The van der Waals surface area contributed by atoms with Gasteiger partial charge in [0.2, 0.25) is 0 Å². The fraction of sp³-hybridized carbons (Fsp3) is 0.350. The molecule has 26 heavy (non-hydrogen) atoms. The molecule has 0 radical (unpaired) electrons. The van der Waals surface area contributed by atoms with E-state index in [2.05, 4.69) is 27.8 Å². The highest BCUT2D eigenvalue weighted by molar-refractivity contribution is 7.13. The van der Waals surface area contributed by atoms with Gasteiger partial charge in [-0.05, 0) is 43.0 Å². The van der Waals surface area contributed by atoms with Gasteiger partial charge in [-0.3, -0.25) is 4.90 Å². The van der Waals surface area contributed by atoms with E-state index in [1.165, 1.54) is 17.7 Å². The van der Waals surface area contributed by atoms with Crippen molar-refractivity contribution >= 4 is 22.7 Å². The molecule has 0 saturated carbocycles. The standard InChI is InChI=1S/C20H22N2O2S2/c1-23-15-7-8-16(18(11-15)24-2)20-21-14(13-26-20)12-22-9-3-5-17(22)19-6-4-10-25-19/h4,6-8,10-11,13,17H,3,5,9,12H2,1-2H3. The Hall–Kier alpha value is -1.89. The first-order valence-electron chi connectivity index (χ1n) is 8.72. The summed E-state index contributed by atoms with van der Waals surface area (Å²) in [5.41, 5.74) is 2.15. The van der Waals surface area contributed by atoms with Gasteiger partial charge in [0.1, 0.15) is 16.5 Å². The summed E-state index contributed by atoms with van der Waals surface area (Å²) in [5.74, 6) is 1.58. The van der Waals surface area contributed by atoms with Crippen LogP contribution in [0.25, 0.3) is 10.6 Å². The smallest absolute Gasteiger partial charge is 0.132 e. The van der Waals surface area contributed by atoms with Crippen molar-refractivity contribution in [1.82, 2.24) is 9.88 Å². The van der Waals surface area contributed by atoms with Gasteiger partial charge in [0.05, 0.1) is 25.5 Å². The van der Waals surface area contributed by atoms with E-state index in [0.29, 0.717) is 6.04 Å². The van der Waals surface area contributed by atoms with Gasteiger partial charge in [-0.25, -0.2) is 4.98 Å². The lowest BCUT2D eigenvalue weighted by Crippen LogP contribution is -2.22. The molecule has 136 valence electrons. The molecule has 1 aliphatic rings. The summed E-state index contributed by atoms with van der Waals surface area (Å²) < 4.78 is 10.8. The summed E-state index contributed by atoms with van der Waals surface area (Å²) in [6, 6.07) is 10.8. The van der Waals surface area contributed by atoms with E-state index in [4.69, 9.17) is 14.5 Å². The van der Waals surface area contributed by atoms with Gasteiger partial charge in [0, 0.05) is 28.9 Å². The number of hydrogen-bond acceptors (Lipinski definition) is 6. The van der Waals surface area contributed by atoms with Crippen molar-refractivity contribution in [2.24, 2.45) is 0 Å². The predicted octanol–water partition coefficient (Wildman–Crippen LogP) is 5.23. The highest BCUT2D eigenvalue weighted by Gasteiger charge is 2.27. The Morgan fingerprint density at radius 3 is 2.88 bits per heavy atom. The SMILES string of the molecule is COc1ccc(-c2nc(CN3CCCC3c3cccs3)cs2)c(OC)c1. The molecule has 1 saturated heterocycles. The van der Waals surface area contributed by atoms with E-state index in [-0.39, 0.29) is 0 Å². The molecule has 0 bridgehead atoms. The van der Waals surface area contributed by atoms with Crippen LogP contribution in [0.4, 0.5) is 0 Å². The van der Waals surface area contributed by atoms with Crippen LogP contribution in [-0.4, -0.2) is 30.6 Å². The maximum Gasteiger partial charge on any atom is 0.132 e. The van der Waals surface area contributed by atoms with E-state index < -0.39 is 0 Å². The molecule has 1 atom stereocenters. The van der Waals surface area contributed by atoms with Gasteiger partial charge < -0.3 is 9.47 Å². The zero-order valence-corrected chi connectivity index (χ0v) is 16.6. The Balaban J connectivity index is 1.53. The van der Waals surface area contributed by atoms with Crippen molar-refractivity contribution < 1.29 is 9.47 Å². The molecule has 4 rings (SSSR count). The second-order valence-electron chi connectivity index (χ2n) is 6.35. The monoisotopic (exact) mass is 386 g/mol. The molecule has 0 amide bonds. The zero-order valence-electron chi connectivity index (χ0n) is 15.0. The molecule has 1 unspecified atom stereocenters. The van der Waals surface area contributed by atoms with Gasteiger partial charge in [-0.1, -0.05) is 6.07 Å². The minimum Gasteiger partial charge on any atom is -0.497 e. The Morgan fingerprint density at radius 1 is 1.19 bits per heavy atom. The molecule has 6 heteroatoms. The summed E-state index contributed by atoms with van der Waals surface area (Å²) in [4.78, 5) is 8.90. The van der Waals surface area contributed by atoms with Crippen LogP contribution in [0.2, 0.25) is 0 Å². The molecule has 2 aromatic heterocycles. The van der Waals surface area contributed by atoms with E-state index in [9.17, 15) is 0 Å². The quantitative estimate of drug-likeness (QED) is 0.581. The molecule has 1 aromatic carbocycles. The van der Waals surface area contributed by atoms with E-state index in [1.54, 1.807) is 25.6 Å². The lowest BCUT2D eigenvalue weighted by molar-refractivity contribution is 0.249. The highest BCUT2D eigenvalue weighted by atomic mass is 32.1. The van der Waals surface area contributed by atoms with Crippen molar-refractivity contribution in [1.29, 1.82) is 0 Å². The molecule has 3 heterocycles. The van der Waals surface area contributed by atoms with Crippen molar-refractivity contribution in [2.75, 3.05) is 20.8 Å². The summed E-state index contributed by atoms with van der Waals surface area (Å²) in [5, 5.41) is 5.33. The maximum absolute atomic E-state index is 5.53. The van der Waals surface area contributed by atoms with Crippen LogP contribution in [0.3, 0.4) is 0 Å². The number of nitrogens with zero attached hydrogens (tertiary/aromatic N) is 2. The molecule has 3 aromatic rings. The van der Waals surface area contributed by atoms with Crippen molar-refractivity contribution in [2.45, 2.75) is 25.4 Å². The number of hydrogen-bond donors (Lipinski definition) is 0. The van der Waals surface area contributed by atoms with E-state index in [0.717, 1.165) is 40.9 Å². The van der Waals surface area contributed by atoms with Crippen LogP contribution in [-0.2, 0) is 6.54 Å². The molecule has 0 N–H and O–H groups in total. The summed E-state index contributed by atoms with van der Waals surface area (Å²) >= 11 is 3.53. The second-order valence-corrected chi connectivity index (χ2v) is 8.19. The van der Waals surface area contributed by atoms with Crippen LogP contribution in [0.15, 0.2) is 41.1 Å². The molecular weight excluding hydrogens is 364 g/mol. The minimum absolute atomic E-state index is 0.538. The second kappa shape index (κ2) is 7.78. The Kier molecular flexibility index (Phi) is 5.24. The van der Waals surface area contributed by atoms with Crippen LogP contribution < -0.4 is 9.47 Å². The topological polar surface area (TPSA) is 34.6 Å². The third-order valence-electron chi connectivity index (χ3n) is 4.79. The first-order valence-corrected chi connectivity index (χ1v) is 10.5. The van der Waals surface area contributed by atoms with Gasteiger partial charge in [0.25, 0.3) is 0 Å². The average Bonchev–Trinajstić information content (AvgIpc) is 3.43. The highest BCUT2D eigenvalue weighted by Crippen LogP contribution is 2.38. The first-order chi connectivity index (χ1) is 12.8. The third kappa shape index (κ3) is 3.49. The normalized spacial score (nSPS) is 17.5. The minimum atomic E-state index is 0.538. The summed E-state index contributed by atoms with van der Waals surface area (Å²) in [6.45, 7) is 2.04. The van der Waals surface area contributed by atoms with Gasteiger partial charge in [-0.2, -0.15) is 0 Å². The maximum atomic E-state index is 5.53. The Bertz CT molecular complexity index is 861. The lowest BCUT2D eigenvalue weighted by atomic mass is 10.2. The fourth-order valence-electron chi connectivity index (χ4n) is 3.51. The van der Waals surface area contributed by atoms with E-state index >= 15 is 0 Å². The van der Waals surface area contributed by atoms with Crippen LogP contribution in [0.5, 0.6) is 11.5 Å². The van der Waals surface area contributed by atoms with Crippen molar-refractivity contribution in [3.8, 4) is 22.1 Å². The first kappa shape index (κ1) is 17.5. The number of thiophene rings is 1. The van der Waals surface area contributed by atoms with Crippen LogP contribution in [0, 0.1) is 0 Å². The zero-order chi connectivity index (χ0) is 17.9. The van der Waals surface area contributed by atoms with Gasteiger partial charge in [-0.15, -0.1) is 22.7 Å². The summed E-state index contributed by atoms with van der Waals surface area (Å²) in [7, 11) is 3.35. The number of thiazole rings is 1. The number of likely N-dealkylation sites (tertiary alicyclic amines) is 1. The van der Waals surface area contributed by atoms with Crippen LogP contribution in [0.1, 0.15) is 29.5 Å². The van der Waals surface area contributed by atoms with Crippen molar-refractivity contribution in [3.05, 3.63) is 51.7 Å². The van der Waals surface area contributed by atoms with Gasteiger partial charge >= 0.3 is 0 Å². The third-order valence-corrected chi connectivity index (χ3v) is 6.69. The summed E-state index contributed by atoms with van der Waals surface area (Å²) in [6.07, 6.45) is 2.50. The Labute approximate surface area is 162 Å².